The van der Waals surface area contributed by atoms with Crippen molar-refractivity contribution >= 4 is 22.9 Å². The second kappa shape index (κ2) is 10.9. The largest absolute Gasteiger partial charge is 0.457 e. The fourth-order valence-corrected chi connectivity index (χ4v) is 4.64. The average molecular weight is 514 g/mol. The number of anilines is 1. The number of nitrogens with two attached hydrogens (primary N) is 1. The van der Waals surface area contributed by atoms with Gasteiger partial charge in [0.2, 0.25) is 5.91 Å². The van der Waals surface area contributed by atoms with Gasteiger partial charge in [-0.05, 0) is 56.4 Å². The van der Waals surface area contributed by atoms with Crippen molar-refractivity contribution < 1.29 is 9.53 Å². The van der Waals surface area contributed by atoms with E-state index in [0.29, 0.717) is 48.7 Å². The van der Waals surface area contributed by atoms with Gasteiger partial charge in [0.15, 0.2) is 11.5 Å². The number of nitrogens with zero attached hydrogens (tertiary/aromatic N) is 6. The number of likely N-dealkylation sites (N-methyl/N-ethyl adjacent to an activating group) is 1. The van der Waals surface area contributed by atoms with Crippen LogP contribution in [-0.2, 0) is 4.79 Å². The van der Waals surface area contributed by atoms with E-state index in [2.05, 4.69) is 21.8 Å². The van der Waals surface area contributed by atoms with Gasteiger partial charge >= 0.3 is 5.69 Å². The molecule has 1 amide bonds. The normalized spacial score (nSPS) is 15.7. The number of hydrogen-bond donors (Lipinski definition) is 1. The Morgan fingerprint density at radius 1 is 1.13 bits per heavy atom. The summed E-state index contributed by atoms with van der Waals surface area (Å²) in [6.45, 7) is 4.66. The van der Waals surface area contributed by atoms with Crippen LogP contribution in [0.1, 0.15) is 19.4 Å². The van der Waals surface area contributed by atoms with Crippen LogP contribution in [-0.4, -0.2) is 68.0 Å². The Kier molecular flexibility index (Phi) is 7.23. The molecule has 1 aliphatic heterocycles. The summed E-state index contributed by atoms with van der Waals surface area (Å²) < 4.78 is 9.06. The predicted molar refractivity (Wildman–Crippen MR) is 147 cm³/mol. The van der Waals surface area contributed by atoms with Crippen molar-refractivity contribution in [3.8, 4) is 17.2 Å². The molecule has 0 radical (unpaired) electrons. The van der Waals surface area contributed by atoms with Crippen molar-refractivity contribution in [3.63, 3.8) is 0 Å². The lowest BCUT2D eigenvalue weighted by atomic mass is 10.2. The van der Waals surface area contributed by atoms with E-state index in [1.165, 1.54) is 10.9 Å². The molecule has 2 aromatic heterocycles. The first-order chi connectivity index (χ1) is 18.5. The summed E-state index contributed by atoms with van der Waals surface area (Å²) >= 11 is 0. The molecule has 2 aromatic carbocycles. The van der Waals surface area contributed by atoms with Gasteiger partial charge < -0.3 is 20.3 Å². The number of hydrogen-bond acceptors (Lipinski definition) is 7. The lowest BCUT2D eigenvalue weighted by molar-refractivity contribution is -0.125. The lowest BCUT2D eigenvalue weighted by Gasteiger charge is -2.15. The zero-order valence-electron chi connectivity index (χ0n) is 21.5. The van der Waals surface area contributed by atoms with E-state index < -0.39 is 0 Å². The number of nitrogen functional groups attached to an aromatic ring is 1. The van der Waals surface area contributed by atoms with E-state index in [-0.39, 0.29) is 23.5 Å². The van der Waals surface area contributed by atoms with Gasteiger partial charge in [0.1, 0.15) is 23.3 Å². The monoisotopic (exact) mass is 513 g/mol. The molecule has 1 saturated heterocycles. The highest BCUT2D eigenvalue weighted by Crippen LogP contribution is 2.28. The van der Waals surface area contributed by atoms with Crippen molar-refractivity contribution in [3.05, 3.63) is 83.6 Å². The minimum Gasteiger partial charge on any atom is -0.457 e. The van der Waals surface area contributed by atoms with Crippen LogP contribution in [0.3, 0.4) is 0 Å². The summed E-state index contributed by atoms with van der Waals surface area (Å²) in [7, 11) is 2.00. The summed E-state index contributed by atoms with van der Waals surface area (Å²) in [5, 5.41) is 0. The maximum absolute atomic E-state index is 13.8. The zero-order chi connectivity index (χ0) is 26.6. The molecule has 0 bridgehead atoms. The number of fused-ring (bicyclic) bond motifs is 1. The summed E-state index contributed by atoms with van der Waals surface area (Å²) in [4.78, 5) is 39.0. The molecule has 1 aliphatic rings. The van der Waals surface area contributed by atoms with E-state index in [1.807, 2.05) is 43.5 Å². The van der Waals surface area contributed by atoms with Crippen molar-refractivity contribution in [2.75, 3.05) is 39.0 Å². The number of para-hydroxylation sites is 1. The quantitative estimate of drug-likeness (QED) is 0.360. The number of carbonyl (C=O) groups excluding carboxylic acids is 1. The van der Waals surface area contributed by atoms with Gasteiger partial charge in [0.25, 0.3) is 0 Å². The van der Waals surface area contributed by atoms with E-state index in [1.54, 1.807) is 39.8 Å². The van der Waals surface area contributed by atoms with E-state index in [9.17, 15) is 9.59 Å². The van der Waals surface area contributed by atoms with Crippen LogP contribution in [0.25, 0.3) is 16.9 Å². The lowest BCUT2D eigenvalue weighted by Crippen LogP contribution is -2.31. The average Bonchev–Trinajstić information content (AvgIpc) is 3.52. The van der Waals surface area contributed by atoms with Crippen molar-refractivity contribution in [1.82, 2.24) is 28.9 Å². The molecule has 1 fully saturated rings. The first kappa shape index (κ1) is 25.2. The molecule has 0 spiro atoms. The van der Waals surface area contributed by atoms with Gasteiger partial charge in [-0.2, -0.15) is 0 Å². The topological polar surface area (TPSA) is 112 Å². The van der Waals surface area contributed by atoms with Crippen LogP contribution in [0.15, 0.2) is 77.9 Å². The third-order valence-electron chi connectivity index (χ3n) is 6.81. The van der Waals surface area contributed by atoms with Crippen LogP contribution < -0.4 is 16.2 Å². The molecule has 4 aromatic rings. The number of ether oxygens (including phenoxy) is 1. The Morgan fingerprint density at radius 2 is 1.87 bits per heavy atom. The fourth-order valence-electron chi connectivity index (χ4n) is 4.64. The van der Waals surface area contributed by atoms with E-state index in [4.69, 9.17) is 10.5 Å². The number of imidazole rings is 1. The van der Waals surface area contributed by atoms with Crippen molar-refractivity contribution in [2.45, 2.75) is 19.4 Å². The molecular weight excluding hydrogens is 482 g/mol. The van der Waals surface area contributed by atoms with Gasteiger partial charge in [-0.3, -0.25) is 13.9 Å². The number of carbonyl (C=O) groups is 1. The molecule has 5 rings (SSSR count). The number of likely N-dealkylation sites (tertiary alicyclic amines) is 1. The summed E-state index contributed by atoms with van der Waals surface area (Å²) in [5.74, 6) is 1.52. The second-order valence-electron chi connectivity index (χ2n) is 9.31. The van der Waals surface area contributed by atoms with E-state index >= 15 is 0 Å². The first-order valence-electron chi connectivity index (χ1n) is 12.7. The number of rotatable bonds is 8. The Balaban J connectivity index is 1.43. The van der Waals surface area contributed by atoms with Crippen LogP contribution in [0.5, 0.6) is 11.5 Å². The maximum Gasteiger partial charge on any atom is 0.335 e. The predicted octanol–water partition coefficient (Wildman–Crippen LogP) is 3.24. The number of aromatic nitrogens is 4. The summed E-state index contributed by atoms with van der Waals surface area (Å²) in [5.41, 5.74) is 7.49. The minimum atomic E-state index is -0.275. The van der Waals surface area contributed by atoms with Crippen LogP contribution >= 0.6 is 0 Å². The van der Waals surface area contributed by atoms with Gasteiger partial charge in [-0.1, -0.05) is 31.2 Å². The molecule has 0 aliphatic carbocycles. The fraction of sp³-hybridized carbons (Fsp3) is 0.286. The highest BCUT2D eigenvalue weighted by atomic mass is 16.5. The highest BCUT2D eigenvalue weighted by Gasteiger charge is 2.31. The molecule has 10 heteroatoms. The van der Waals surface area contributed by atoms with Gasteiger partial charge in [0.05, 0.1) is 11.7 Å². The van der Waals surface area contributed by atoms with Gasteiger partial charge in [-0.25, -0.2) is 14.8 Å². The Morgan fingerprint density at radius 3 is 2.61 bits per heavy atom. The van der Waals surface area contributed by atoms with Gasteiger partial charge in [-0.15, -0.1) is 0 Å². The molecule has 38 heavy (non-hydrogen) atoms. The number of amides is 1. The highest BCUT2D eigenvalue weighted by molar-refractivity contribution is 5.88. The SMILES string of the molecule is CCN(C)C/C=C/C(=O)N1CC[C@H](n2c(=O)n(-c3ccc(Oc4ccccc4)cc3)c3c(N)ncnc32)C1. The summed E-state index contributed by atoms with van der Waals surface area (Å²) in [6.07, 6.45) is 5.48. The Bertz CT molecular complexity index is 1510. The molecule has 2 N–H and O–H groups in total. The van der Waals surface area contributed by atoms with Crippen molar-refractivity contribution in [1.29, 1.82) is 0 Å². The molecule has 3 heterocycles. The van der Waals surface area contributed by atoms with Crippen LogP contribution in [0.4, 0.5) is 5.82 Å². The molecule has 1 atom stereocenters. The summed E-state index contributed by atoms with van der Waals surface area (Å²) in [6, 6.07) is 16.5. The zero-order valence-corrected chi connectivity index (χ0v) is 21.5. The maximum atomic E-state index is 13.8. The first-order valence-corrected chi connectivity index (χ1v) is 12.7. The second-order valence-corrected chi connectivity index (χ2v) is 9.31. The molecule has 0 saturated carbocycles. The van der Waals surface area contributed by atoms with E-state index in [0.717, 1.165) is 12.3 Å². The third kappa shape index (κ3) is 5.03. The third-order valence-corrected chi connectivity index (χ3v) is 6.81. The van der Waals surface area contributed by atoms with Crippen molar-refractivity contribution in [2.24, 2.45) is 0 Å². The molecule has 0 unspecified atom stereocenters. The Hall–Kier alpha value is -4.44. The molecule has 10 nitrogen and oxygen atoms in total. The van der Waals surface area contributed by atoms with Crippen LogP contribution in [0.2, 0.25) is 0 Å². The molecular formula is C28H31N7O3. The standard InChI is InChI=1S/C28H31N7O3/c1-3-32(2)16-7-10-24(36)33-17-15-21(18-33)35-27-25(26(29)30-19-31-27)34(28(35)37)20-11-13-23(14-12-20)38-22-8-5-4-6-9-22/h4-14,19,21H,3,15-18H2,1-2H3,(H2,29,30,31)/b10-7+/t21-/m0/s1. The number of benzene rings is 2. The molecule has 196 valence electrons. The Labute approximate surface area is 220 Å². The van der Waals surface area contributed by atoms with Gasteiger partial charge in [0, 0.05) is 25.7 Å². The minimum absolute atomic E-state index is 0.0584. The smallest absolute Gasteiger partial charge is 0.335 e. The van der Waals surface area contributed by atoms with Crippen LogP contribution in [0, 0.1) is 0 Å².